The summed E-state index contributed by atoms with van der Waals surface area (Å²) in [5.74, 6) is 0.153. The van der Waals surface area contributed by atoms with Crippen LogP contribution < -0.4 is 20.1 Å². The number of aliphatic hydroxyl groups is 1. The largest absolute Gasteiger partial charge is 0.497 e. The van der Waals surface area contributed by atoms with Crippen LogP contribution in [0.1, 0.15) is 25.7 Å². The second-order valence-electron chi connectivity index (χ2n) is 6.07. The molecule has 0 spiro atoms. The first-order valence-electron chi connectivity index (χ1n) is 8.19. The molecule has 1 atom stereocenters. The van der Waals surface area contributed by atoms with Crippen LogP contribution in [-0.2, 0) is 4.79 Å². The van der Waals surface area contributed by atoms with E-state index in [0.29, 0.717) is 24.3 Å². The molecule has 138 valence electrons. The van der Waals surface area contributed by atoms with E-state index in [1.165, 1.54) is 0 Å². The first-order chi connectivity index (χ1) is 11.9. The van der Waals surface area contributed by atoms with Gasteiger partial charge in [-0.05, 0) is 25.0 Å². The fourth-order valence-electron chi connectivity index (χ4n) is 2.79. The van der Waals surface area contributed by atoms with Crippen molar-refractivity contribution in [2.75, 3.05) is 20.3 Å². The number of nitrogens with one attached hydrogen (secondary N) is 2. The first kappa shape index (κ1) is 18.9. The number of carboxylic acids is 1. The minimum absolute atomic E-state index is 0.0163. The monoisotopic (exact) mass is 352 g/mol. The standard InChI is InChI=1S/C17H24N2O6/c1-24-13-5-4-6-14(9-13)25-11-12(20)10-18-16(23)19-17(15(21)22)7-2-3-8-17/h4-6,9,12,20H,2-3,7-8,10-11H2,1H3,(H,21,22)(H2,18,19,23)/t12-/m0/s1. The molecule has 1 aliphatic carbocycles. The number of methoxy groups -OCH3 is 1. The number of carbonyl (C=O) groups excluding carboxylic acids is 1. The van der Waals surface area contributed by atoms with Gasteiger partial charge in [0, 0.05) is 12.6 Å². The van der Waals surface area contributed by atoms with E-state index in [1.807, 2.05) is 0 Å². The van der Waals surface area contributed by atoms with E-state index in [9.17, 15) is 19.8 Å². The summed E-state index contributed by atoms with van der Waals surface area (Å²) in [5, 5.41) is 24.2. The van der Waals surface area contributed by atoms with E-state index >= 15 is 0 Å². The van der Waals surface area contributed by atoms with Gasteiger partial charge in [0.15, 0.2) is 0 Å². The van der Waals surface area contributed by atoms with Crippen molar-refractivity contribution < 1.29 is 29.3 Å². The van der Waals surface area contributed by atoms with Gasteiger partial charge < -0.3 is 30.3 Å². The summed E-state index contributed by atoms with van der Waals surface area (Å²) in [6.45, 7) is -0.0664. The first-order valence-corrected chi connectivity index (χ1v) is 8.19. The Hall–Kier alpha value is -2.48. The van der Waals surface area contributed by atoms with Crippen LogP contribution in [0.15, 0.2) is 24.3 Å². The van der Waals surface area contributed by atoms with Gasteiger partial charge in [-0.25, -0.2) is 9.59 Å². The van der Waals surface area contributed by atoms with Crippen molar-refractivity contribution in [3.63, 3.8) is 0 Å². The lowest BCUT2D eigenvalue weighted by atomic mass is 9.98. The lowest BCUT2D eigenvalue weighted by molar-refractivity contribution is -0.144. The molecule has 2 rings (SSSR count). The summed E-state index contributed by atoms with van der Waals surface area (Å²) < 4.78 is 10.5. The topological polar surface area (TPSA) is 117 Å². The van der Waals surface area contributed by atoms with Crippen LogP contribution in [-0.4, -0.2) is 54.1 Å². The zero-order valence-corrected chi connectivity index (χ0v) is 14.2. The van der Waals surface area contributed by atoms with Crippen molar-refractivity contribution in [1.82, 2.24) is 10.6 Å². The Morgan fingerprint density at radius 2 is 1.96 bits per heavy atom. The Balaban J connectivity index is 1.74. The van der Waals surface area contributed by atoms with Crippen LogP contribution in [0.5, 0.6) is 11.5 Å². The number of carboxylic acid groups (broad SMARTS) is 1. The van der Waals surface area contributed by atoms with Gasteiger partial charge in [0.1, 0.15) is 29.7 Å². The third-order valence-corrected chi connectivity index (χ3v) is 4.20. The maximum atomic E-state index is 11.9. The molecular formula is C17H24N2O6. The minimum atomic E-state index is -1.20. The summed E-state index contributed by atoms with van der Waals surface area (Å²) in [6.07, 6.45) is 1.43. The van der Waals surface area contributed by atoms with Crippen LogP contribution in [0.25, 0.3) is 0 Å². The second kappa shape index (κ2) is 8.57. The minimum Gasteiger partial charge on any atom is -0.497 e. The molecule has 4 N–H and O–H groups in total. The predicted molar refractivity (Wildman–Crippen MR) is 89.9 cm³/mol. The normalized spacial score (nSPS) is 16.7. The van der Waals surface area contributed by atoms with Crippen molar-refractivity contribution in [3.8, 4) is 11.5 Å². The Morgan fingerprint density at radius 3 is 2.60 bits per heavy atom. The summed E-state index contributed by atoms with van der Waals surface area (Å²) in [4.78, 5) is 23.3. The highest BCUT2D eigenvalue weighted by molar-refractivity contribution is 5.86. The van der Waals surface area contributed by atoms with Crippen molar-refractivity contribution in [2.45, 2.75) is 37.3 Å². The number of amides is 2. The van der Waals surface area contributed by atoms with Crippen LogP contribution in [0, 0.1) is 0 Å². The number of rotatable bonds is 8. The van der Waals surface area contributed by atoms with Gasteiger partial charge in [-0.15, -0.1) is 0 Å². The number of aliphatic hydroxyl groups excluding tert-OH is 1. The van der Waals surface area contributed by atoms with Crippen LogP contribution in [0.2, 0.25) is 0 Å². The quantitative estimate of drug-likeness (QED) is 0.557. The molecule has 1 aliphatic rings. The predicted octanol–water partition coefficient (Wildman–Crippen LogP) is 1.13. The molecule has 0 radical (unpaired) electrons. The average Bonchev–Trinajstić information content (AvgIpc) is 3.08. The van der Waals surface area contributed by atoms with Gasteiger partial charge in [0.05, 0.1) is 7.11 Å². The molecule has 8 heteroatoms. The van der Waals surface area contributed by atoms with Gasteiger partial charge in [-0.3, -0.25) is 0 Å². The summed E-state index contributed by atoms with van der Waals surface area (Å²) in [7, 11) is 1.55. The molecule has 25 heavy (non-hydrogen) atoms. The Labute approximate surface area is 146 Å². The van der Waals surface area contributed by atoms with E-state index < -0.39 is 23.6 Å². The Kier molecular flexibility index (Phi) is 6.46. The zero-order chi connectivity index (χ0) is 18.3. The molecule has 1 fully saturated rings. The lowest BCUT2D eigenvalue weighted by Crippen LogP contribution is -2.56. The number of ether oxygens (including phenoxy) is 2. The van der Waals surface area contributed by atoms with Crippen LogP contribution in [0.4, 0.5) is 4.79 Å². The van der Waals surface area contributed by atoms with E-state index in [1.54, 1.807) is 31.4 Å². The van der Waals surface area contributed by atoms with E-state index in [-0.39, 0.29) is 13.2 Å². The molecule has 0 unspecified atom stereocenters. The summed E-state index contributed by atoms with van der Waals surface area (Å²) in [6, 6.07) is 6.34. The lowest BCUT2D eigenvalue weighted by Gasteiger charge is -2.25. The second-order valence-corrected chi connectivity index (χ2v) is 6.07. The van der Waals surface area contributed by atoms with Crippen LogP contribution >= 0.6 is 0 Å². The number of carbonyl (C=O) groups is 2. The van der Waals surface area contributed by atoms with Crippen molar-refractivity contribution in [2.24, 2.45) is 0 Å². The molecule has 1 aromatic carbocycles. The number of aliphatic carboxylic acids is 1. The highest BCUT2D eigenvalue weighted by Crippen LogP contribution is 2.29. The summed E-state index contributed by atoms with van der Waals surface area (Å²) in [5.41, 5.74) is -1.20. The van der Waals surface area contributed by atoms with Crippen molar-refractivity contribution in [1.29, 1.82) is 0 Å². The highest BCUT2D eigenvalue weighted by Gasteiger charge is 2.42. The van der Waals surface area contributed by atoms with E-state index in [2.05, 4.69) is 10.6 Å². The zero-order valence-electron chi connectivity index (χ0n) is 14.2. The molecule has 1 saturated carbocycles. The third kappa shape index (κ3) is 5.25. The summed E-state index contributed by atoms with van der Waals surface area (Å²) >= 11 is 0. The van der Waals surface area contributed by atoms with E-state index in [4.69, 9.17) is 9.47 Å². The maximum absolute atomic E-state index is 11.9. The molecule has 0 aliphatic heterocycles. The number of urea groups is 1. The molecule has 1 aromatic rings. The molecule has 2 amide bonds. The number of hydrogen-bond donors (Lipinski definition) is 4. The Bertz CT molecular complexity index is 601. The maximum Gasteiger partial charge on any atom is 0.329 e. The number of benzene rings is 1. The molecule has 0 saturated heterocycles. The Morgan fingerprint density at radius 1 is 1.28 bits per heavy atom. The SMILES string of the molecule is COc1cccc(OC[C@@H](O)CNC(=O)NC2(C(=O)O)CCCC2)c1. The molecule has 0 heterocycles. The molecule has 0 bridgehead atoms. The fraction of sp³-hybridized carbons (Fsp3) is 0.529. The van der Waals surface area contributed by atoms with Gasteiger partial charge in [0.2, 0.25) is 0 Å². The number of hydrogen-bond acceptors (Lipinski definition) is 5. The smallest absolute Gasteiger partial charge is 0.329 e. The van der Waals surface area contributed by atoms with Crippen LogP contribution in [0.3, 0.4) is 0 Å². The van der Waals surface area contributed by atoms with Crippen molar-refractivity contribution >= 4 is 12.0 Å². The average molecular weight is 352 g/mol. The van der Waals surface area contributed by atoms with Gasteiger partial charge >= 0.3 is 12.0 Å². The third-order valence-electron chi connectivity index (χ3n) is 4.20. The van der Waals surface area contributed by atoms with Crippen molar-refractivity contribution in [3.05, 3.63) is 24.3 Å². The molecule has 0 aromatic heterocycles. The molecule has 8 nitrogen and oxygen atoms in total. The highest BCUT2D eigenvalue weighted by atomic mass is 16.5. The van der Waals surface area contributed by atoms with E-state index in [0.717, 1.165) is 12.8 Å². The van der Waals surface area contributed by atoms with Gasteiger partial charge in [0.25, 0.3) is 0 Å². The van der Waals surface area contributed by atoms with Gasteiger partial charge in [-0.2, -0.15) is 0 Å². The van der Waals surface area contributed by atoms with Gasteiger partial charge in [-0.1, -0.05) is 18.9 Å². The fourth-order valence-corrected chi connectivity index (χ4v) is 2.79. The molecular weight excluding hydrogens is 328 g/mol.